The van der Waals surface area contributed by atoms with Gasteiger partial charge >= 0.3 is 5.97 Å². The summed E-state index contributed by atoms with van der Waals surface area (Å²) in [6.45, 7) is 0. The summed E-state index contributed by atoms with van der Waals surface area (Å²) in [6, 6.07) is 5.88. The first-order valence-electron chi connectivity index (χ1n) is 4.57. The number of benzene rings is 1. The number of esters is 1. The number of nitrogens with two attached hydrogens (primary N) is 3. The van der Waals surface area contributed by atoms with E-state index in [1.165, 1.54) is 7.11 Å². The van der Waals surface area contributed by atoms with Crippen molar-refractivity contribution >= 4 is 17.6 Å². The van der Waals surface area contributed by atoms with Crippen molar-refractivity contribution < 1.29 is 9.53 Å². The molecular formula is C10H14N4O2. The van der Waals surface area contributed by atoms with Crippen molar-refractivity contribution in [1.82, 2.24) is 0 Å². The Morgan fingerprint density at radius 2 is 1.88 bits per heavy atom. The lowest BCUT2D eigenvalue weighted by Gasteiger charge is -2.09. The molecule has 0 radical (unpaired) electrons. The zero-order valence-corrected chi connectivity index (χ0v) is 8.88. The van der Waals surface area contributed by atoms with E-state index >= 15 is 0 Å². The summed E-state index contributed by atoms with van der Waals surface area (Å²) < 4.78 is 4.53. The SMILES string of the molecule is COC(=O)C(N)c1ccc(N=C(N)N)cc1. The molecule has 0 aliphatic rings. The van der Waals surface area contributed by atoms with Gasteiger partial charge in [-0.15, -0.1) is 0 Å². The van der Waals surface area contributed by atoms with Crippen molar-refractivity contribution in [2.75, 3.05) is 7.11 Å². The Morgan fingerprint density at radius 1 is 1.31 bits per heavy atom. The molecule has 0 heterocycles. The summed E-state index contributed by atoms with van der Waals surface area (Å²) >= 11 is 0. The molecular weight excluding hydrogens is 208 g/mol. The van der Waals surface area contributed by atoms with Gasteiger partial charge in [-0.1, -0.05) is 12.1 Å². The zero-order chi connectivity index (χ0) is 12.1. The molecule has 16 heavy (non-hydrogen) atoms. The van der Waals surface area contributed by atoms with Crippen molar-refractivity contribution in [3.05, 3.63) is 29.8 Å². The normalized spacial score (nSPS) is 11.6. The molecule has 1 unspecified atom stereocenters. The lowest BCUT2D eigenvalue weighted by atomic mass is 10.1. The monoisotopic (exact) mass is 222 g/mol. The topological polar surface area (TPSA) is 117 Å². The Balaban J connectivity index is 2.86. The summed E-state index contributed by atoms with van der Waals surface area (Å²) in [6.07, 6.45) is 0. The molecule has 1 atom stereocenters. The van der Waals surface area contributed by atoms with E-state index in [0.29, 0.717) is 11.3 Å². The highest BCUT2D eigenvalue weighted by Gasteiger charge is 2.15. The Kier molecular flexibility index (Phi) is 3.84. The molecule has 0 amide bonds. The highest BCUT2D eigenvalue weighted by atomic mass is 16.5. The number of carbonyl (C=O) groups excluding carboxylic acids is 1. The van der Waals surface area contributed by atoms with Gasteiger partial charge in [-0.3, -0.25) is 4.79 Å². The zero-order valence-electron chi connectivity index (χ0n) is 8.88. The van der Waals surface area contributed by atoms with Gasteiger partial charge in [0.15, 0.2) is 5.96 Å². The molecule has 0 saturated carbocycles. The fourth-order valence-electron chi connectivity index (χ4n) is 1.17. The van der Waals surface area contributed by atoms with Gasteiger partial charge in [0.05, 0.1) is 12.8 Å². The first kappa shape index (κ1) is 12.0. The number of methoxy groups -OCH3 is 1. The minimum Gasteiger partial charge on any atom is -0.468 e. The molecule has 0 aromatic heterocycles. The van der Waals surface area contributed by atoms with Crippen molar-refractivity contribution in [2.24, 2.45) is 22.2 Å². The second-order valence-electron chi connectivity index (χ2n) is 3.13. The number of hydrogen-bond acceptors (Lipinski definition) is 4. The largest absolute Gasteiger partial charge is 0.468 e. The number of aliphatic imine (C=N–C) groups is 1. The second kappa shape index (κ2) is 5.13. The molecule has 6 N–H and O–H groups in total. The third kappa shape index (κ3) is 2.96. The van der Waals surface area contributed by atoms with Crippen molar-refractivity contribution in [3.63, 3.8) is 0 Å². The first-order valence-corrected chi connectivity index (χ1v) is 4.57. The highest BCUT2D eigenvalue weighted by molar-refractivity contribution is 5.79. The number of carbonyl (C=O) groups is 1. The van der Waals surface area contributed by atoms with Gasteiger partial charge < -0.3 is 21.9 Å². The minimum atomic E-state index is -0.793. The molecule has 0 aliphatic carbocycles. The van der Waals surface area contributed by atoms with E-state index in [1.54, 1.807) is 24.3 Å². The quantitative estimate of drug-likeness (QED) is 0.371. The van der Waals surface area contributed by atoms with E-state index in [-0.39, 0.29) is 5.96 Å². The minimum absolute atomic E-state index is 0.0231. The molecule has 1 aromatic rings. The fraction of sp³-hybridized carbons (Fsp3) is 0.200. The van der Waals surface area contributed by atoms with E-state index < -0.39 is 12.0 Å². The van der Waals surface area contributed by atoms with Crippen molar-refractivity contribution in [1.29, 1.82) is 0 Å². The van der Waals surface area contributed by atoms with Crippen molar-refractivity contribution in [2.45, 2.75) is 6.04 Å². The predicted molar refractivity (Wildman–Crippen MR) is 60.9 cm³/mol. The highest BCUT2D eigenvalue weighted by Crippen LogP contribution is 2.17. The van der Waals surface area contributed by atoms with Crippen LogP contribution in [0.5, 0.6) is 0 Å². The average molecular weight is 222 g/mol. The van der Waals surface area contributed by atoms with Gasteiger partial charge in [-0.25, -0.2) is 4.99 Å². The third-order valence-corrected chi connectivity index (χ3v) is 1.97. The van der Waals surface area contributed by atoms with Crippen LogP contribution in [0.2, 0.25) is 0 Å². The Labute approximate surface area is 93.1 Å². The standard InChI is InChI=1S/C10H14N4O2/c1-16-9(15)8(11)6-2-4-7(5-3-6)14-10(12)13/h2-5,8H,11H2,1H3,(H4,12,13,14). The number of nitrogens with zero attached hydrogens (tertiary/aromatic N) is 1. The molecule has 0 saturated heterocycles. The lowest BCUT2D eigenvalue weighted by molar-refractivity contribution is -0.142. The van der Waals surface area contributed by atoms with E-state index in [1.807, 2.05) is 0 Å². The van der Waals surface area contributed by atoms with Crippen LogP contribution in [-0.2, 0) is 9.53 Å². The molecule has 6 heteroatoms. The molecule has 0 aliphatic heterocycles. The van der Waals surface area contributed by atoms with Gasteiger partial charge in [0.2, 0.25) is 0 Å². The van der Waals surface area contributed by atoms with Gasteiger partial charge in [0, 0.05) is 0 Å². The molecule has 0 spiro atoms. The summed E-state index contributed by atoms with van der Waals surface area (Å²) in [5.74, 6) is -0.514. The number of rotatable bonds is 3. The first-order chi connectivity index (χ1) is 7.54. The molecule has 6 nitrogen and oxygen atoms in total. The van der Waals surface area contributed by atoms with E-state index in [2.05, 4.69) is 9.73 Å². The molecule has 1 aromatic carbocycles. The average Bonchev–Trinajstić information content (AvgIpc) is 2.27. The Bertz CT molecular complexity index is 396. The van der Waals surface area contributed by atoms with E-state index in [0.717, 1.165) is 0 Å². The van der Waals surface area contributed by atoms with Gasteiger partial charge in [0.25, 0.3) is 0 Å². The number of guanidine groups is 1. The van der Waals surface area contributed by atoms with Crippen LogP contribution in [0.4, 0.5) is 5.69 Å². The van der Waals surface area contributed by atoms with Crippen LogP contribution in [0, 0.1) is 0 Å². The van der Waals surface area contributed by atoms with Crippen LogP contribution in [0.1, 0.15) is 11.6 Å². The van der Waals surface area contributed by atoms with Gasteiger partial charge in [-0.05, 0) is 17.7 Å². The van der Waals surface area contributed by atoms with E-state index in [4.69, 9.17) is 17.2 Å². The van der Waals surface area contributed by atoms with E-state index in [9.17, 15) is 4.79 Å². The fourth-order valence-corrected chi connectivity index (χ4v) is 1.17. The van der Waals surface area contributed by atoms with Crippen LogP contribution >= 0.6 is 0 Å². The molecule has 86 valence electrons. The molecule has 1 rings (SSSR count). The van der Waals surface area contributed by atoms with Crippen LogP contribution in [0.3, 0.4) is 0 Å². The maximum Gasteiger partial charge on any atom is 0.327 e. The summed E-state index contributed by atoms with van der Waals surface area (Å²) in [5.41, 5.74) is 17.3. The van der Waals surface area contributed by atoms with Crippen LogP contribution in [-0.4, -0.2) is 19.0 Å². The second-order valence-corrected chi connectivity index (χ2v) is 3.13. The smallest absolute Gasteiger partial charge is 0.327 e. The third-order valence-electron chi connectivity index (χ3n) is 1.97. The maximum absolute atomic E-state index is 11.2. The van der Waals surface area contributed by atoms with Crippen LogP contribution < -0.4 is 17.2 Å². The molecule has 0 bridgehead atoms. The Hall–Kier alpha value is -2.08. The van der Waals surface area contributed by atoms with Crippen LogP contribution in [0.15, 0.2) is 29.3 Å². The maximum atomic E-state index is 11.2. The summed E-state index contributed by atoms with van der Waals surface area (Å²) in [7, 11) is 1.29. The number of hydrogen-bond donors (Lipinski definition) is 3. The number of ether oxygens (including phenoxy) is 1. The van der Waals surface area contributed by atoms with Gasteiger partial charge in [0.1, 0.15) is 6.04 Å². The Morgan fingerprint density at radius 3 is 2.31 bits per heavy atom. The summed E-state index contributed by atoms with van der Waals surface area (Å²) in [4.78, 5) is 15.0. The van der Waals surface area contributed by atoms with Crippen LogP contribution in [0.25, 0.3) is 0 Å². The predicted octanol–water partition coefficient (Wildman–Crippen LogP) is -0.236. The summed E-state index contributed by atoms with van der Waals surface area (Å²) in [5, 5.41) is 0. The lowest BCUT2D eigenvalue weighted by Crippen LogP contribution is -2.22. The molecule has 0 fully saturated rings. The van der Waals surface area contributed by atoms with Gasteiger partial charge in [-0.2, -0.15) is 0 Å². The van der Waals surface area contributed by atoms with Crippen molar-refractivity contribution in [3.8, 4) is 0 Å².